The van der Waals surface area contributed by atoms with E-state index < -0.39 is 18.0 Å². The number of carbonyl (C=O) groups excluding carboxylic acids is 1. The van der Waals surface area contributed by atoms with E-state index in [9.17, 15) is 19.4 Å². The van der Waals surface area contributed by atoms with Gasteiger partial charge in [-0.2, -0.15) is 0 Å². The first kappa shape index (κ1) is 14.4. The number of carbonyl (C=O) groups is 1. The van der Waals surface area contributed by atoms with Gasteiger partial charge >= 0.3 is 0 Å². The van der Waals surface area contributed by atoms with Crippen LogP contribution in [-0.2, 0) is 4.79 Å². The smallest absolute Gasteiger partial charge is 0.185 e. The van der Waals surface area contributed by atoms with Crippen LogP contribution in [0.5, 0.6) is 0 Å². The van der Waals surface area contributed by atoms with Crippen LogP contribution < -0.4 is 0 Å². The van der Waals surface area contributed by atoms with E-state index >= 15 is 0 Å². The van der Waals surface area contributed by atoms with Gasteiger partial charge in [-0.05, 0) is 12.1 Å². The molecule has 1 aromatic carbocycles. The molecule has 1 rings (SSSR count). The largest absolute Gasteiger partial charge is 0.389 e. The van der Waals surface area contributed by atoms with E-state index in [4.69, 9.17) is 11.6 Å². The molecule has 2 N–H and O–H groups in total. The van der Waals surface area contributed by atoms with Gasteiger partial charge in [-0.1, -0.05) is 29.4 Å². The monoisotopic (exact) mass is 278 g/mol. The van der Waals surface area contributed by atoms with E-state index in [1.165, 1.54) is 19.1 Å². The average Bonchev–Trinajstić information content (AvgIpc) is 2.25. The Morgan fingerprint density at radius 2 is 2.18 bits per heavy atom. The predicted molar refractivity (Wildman–Crippen MR) is 65.5 cm³/mol. The summed E-state index contributed by atoms with van der Waals surface area (Å²) in [7, 11) is 0. The number of thioether (sulfide) groups is 1. The molecule has 1 aromatic rings. The molecule has 2 atom stereocenters. The fraction of sp³-hybridized carbons (Fsp3) is 0.364. The highest BCUT2D eigenvalue weighted by Gasteiger charge is 2.24. The highest BCUT2D eigenvalue weighted by molar-refractivity contribution is 8.13. The quantitative estimate of drug-likeness (QED) is 0.886. The van der Waals surface area contributed by atoms with Gasteiger partial charge in [0.15, 0.2) is 5.12 Å². The van der Waals surface area contributed by atoms with Crippen molar-refractivity contribution in [3.63, 3.8) is 0 Å². The second-order valence-electron chi connectivity index (χ2n) is 3.45. The van der Waals surface area contributed by atoms with E-state index in [1.54, 1.807) is 0 Å². The fourth-order valence-corrected chi connectivity index (χ4v) is 2.14. The molecule has 0 radical (unpaired) electrons. The summed E-state index contributed by atoms with van der Waals surface area (Å²) in [6, 6.07) is 3.98. The lowest BCUT2D eigenvalue weighted by atomic mass is 10.0. The molecule has 0 spiro atoms. The van der Waals surface area contributed by atoms with Crippen LogP contribution in [0.15, 0.2) is 18.2 Å². The second-order valence-corrected chi connectivity index (χ2v) is 5.05. The van der Waals surface area contributed by atoms with Gasteiger partial charge in [0.05, 0.1) is 6.10 Å². The molecule has 0 bridgehead atoms. The summed E-state index contributed by atoms with van der Waals surface area (Å²) in [5, 5.41) is 19.2. The van der Waals surface area contributed by atoms with Gasteiger partial charge < -0.3 is 10.2 Å². The molecule has 0 amide bonds. The van der Waals surface area contributed by atoms with Crippen molar-refractivity contribution in [2.45, 2.75) is 19.1 Å². The van der Waals surface area contributed by atoms with Crippen LogP contribution in [0, 0.1) is 5.82 Å². The molecule has 0 fully saturated rings. The van der Waals surface area contributed by atoms with Gasteiger partial charge in [0.2, 0.25) is 0 Å². The summed E-state index contributed by atoms with van der Waals surface area (Å²) in [5.41, 5.74) is -0.147. The molecular formula is C11H12ClFO3S. The van der Waals surface area contributed by atoms with Crippen molar-refractivity contribution in [3.8, 4) is 0 Å². The van der Waals surface area contributed by atoms with Crippen molar-refractivity contribution in [2.24, 2.45) is 0 Å². The Labute approximate surface area is 108 Å². The summed E-state index contributed by atoms with van der Waals surface area (Å²) in [4.78, 5) is 10.7. The lowest BCUT2D eigenvalue weighted by Gasteiger charge is -2.18. The molecule has 3 nitrogen and oxygen atoms in total. The third-order valence-corrected chi connectivity index (χ3v) is 3.36. The summed E-state index contributed by atoms with van der Waals surface area (Å²) in [6.45, 7) is 1.35. The summed E-state index contributed by atoms with van der Waals surface area (Å²) >= 11 is 6.61. The molecule has 0 heterocycles. The van der Waals surface area contributed by atoms with Crippen molar-refractivity contribution in [2.75, 3.05) is 5.75 Å². The van der Waals surface area contributed by atoms with Crippen molar-refractivity contribution in [3.05, 3.63) is 34.6 Å². The normalized spacial score (nSPS) is 14.4. The Morgan fingerprint density at radius 1 is 1.53 bits per heavy atom. The maximum absolute atomic E-state index is 13.4. The number of hydrogen-bond acceptors (Lipinski definition) is 4. The molecule has 0 aliphatic heterocycles. The second kappa shape index (κ2) is 6.35. The van der Waals surface area contributed by atoms with Gasteiger partial charge in [-0.15, -0.1) is 0 Å². The number of hydrogen-bond donors (Lipinski definition) is 2. The zero-order chi connectivity index (χ0) is 13.0. The minimum atomic E-state index is -1.45. The van der Waals surface area contributed by atoms with Crippen LogP contribution in [0.2, 0.25) is 5.02 Å². The first-order valence-electron chi connectivity index (χ1n) is 4.87. The van der Waals surface area contributed by atoms with Crippen LogP contribution in [0.1, 0.15) is 18.6 Å². The first-order valence-corrected chi connectivity index (χ1v) is 6.23. The van der Waals surface area contributed by atoms with Crippen molar-refractivity contribution >= 4 is 28.5 Å². The molecule has 0 aliphatic rings. The minimum absolute atomic E-state index is 0.0127. The predicted octanol–water partition coefficient (Wildman–Crippen LogP) is 2.15. The number of benzene rings is 1. The third kappa shape index (κ3) is 3.96. The molecule has 94 valence electrons. The Morgan fingerprint density at radius 3 is 2.71 bits per heavy atom. The SMILES string of the molecule is CC(=O)SCC(O)C(O)c1c(F)cccc1Cl. The topological polar surface area (TPSA) is 57.5 Å². The van der Waals surface area contributed by atoms with Gasteiger partial charge in [-0.25, -0.2) is 4.39 Å². The number of rotatable bonds is 4. The Balaban J connectivity index is 2.81. The van der Waals surface area contributed by atoms with Gasteiger partial charge in [-0.3, -0.25) is 4.79 Å². The molecule has 2 unspecified atom stereocenters. The molecule has 0 saturated heterocycles. The van der Waals surface area contributed by atoms with E-state index in [0.717, 1.165) is 17.8 Å². The van der Waals surface area contributed by atoms with Gasteiger partial charge in [0, 0.05) is 23.3 Å². The van der Waals surface area contributed by atoms with Crippen LogP contribution >= 0.6 is 23.4 Å². The van der Waals surface area contributed by atoms with Crippen LogP contribution in [0.4, 0.5) is 4.39 Å². The lowest BCUT2D eigenvalue weighted by molar-refractivity contribution is -0.109. The molecule has 6 heteroatoms. The van der Waals surface area contributed by atoms with Crippen LogP contribution in [0.25, 0.3) is 0 Å². The summed E-state index contributed by atoms with van der Waals surface area (Å²) in [5.74, 6) is -0.696. The zero-order valence-electron chi connectivity index (χ0n) is 9.06. The van der Waals surface area contributed by atoms with E-state index in [2.05, 4.69) is 0 Å². The maximum Gasteiger partial charge on any atom is 0.185 e. The van der Waals surface area contributed by atoms with Gasteiger partial charge in [0.25, 0.3) is 0 Å². The van der Waals surface area contributed by atoms with Crippen LogP contribution in [0.3, 0.4) is 0 Å². The first-order chi connectivity index (χ1) is 7.93. The van der Waals surface area contributed by atoms with E-state index in [-0.39, 0.29) is 21.5 Å². The Hall–Kier alpha value is -0.620. The van der Waals surface area contributed by atoms with Crippen molar-refractivity contribution in [1.82, 2.24) is 0 Å². The zero-order valence-corrected chi connectivity index (χ0v) is 10.6. The van der Waals surface area contributed by atoms with Crippen molar-refractivity contribution < 1.29 is 19.4 Å². The standard InChI is InChI=1S/C11H12ClFO3S/c1-6(14)17-5-9(15)11(16)10-7(12)3-2-4-8(10)13/h2-4,9,11,15-16H,5H2,1H3. The van der Waals surface area contributed by atoms with Crippen LogP contribution in [-0.4, -0.2) is 27.2 Å². The average molecular weight is 279 g/mol. The Bertz CT molecular complexity index is 393. The number of halogens is 2. The number of aliphatic hydroxyl groups excluding tert-OH is 2. The molecule has 0 saturated carbocycles. The fourth-order valence-electron chi connectivity index (χ4n) is 1.28. The highest BCUT2D eigenvalue weighted by atomic mass is 35.5. The molecule has 0 aromatic heterocycles. The highest BCUT2D eigenvalue weighted by Crippen LogP contribution is 2.29. The van der Waals surface area contributed by atoms with E-state index in [1.807, 2.05) is 0 Å². The van der Waals surface area contributed by atoms with Gasteiger partial charge in [0.1, 0.15) is 11.9 Å². The summed E-state index contributed by atoms with van der Waals surface area (Å²) in [6.07, 6.45) is -2.70. The number of aliphatic hydroxyl groups is 2. The summed E-state index contributed by atoms with van der Waals surface area (Å²) < 4.78 is 13.4. The Kier molecular flexibility index (Phi) is 5.39. The third-order valence-electron chi connectivity index (χ3n) is 2.12. The van der Waals surface area contributed by atoms with E-state index in [0.29, 0.717) is 0 Å². The molecule has 17 heavy (non-hydrogen) atoms. The molecular weight excluding hydrogens is 267 g/mol. The molecule has 0 aliphatic carbocycles. The minimum Gasteiger partial charge on any atom is -0.389 e. The van der Waals surface area contributed by atoms with Crippen molar-refractivity contribution in [1.29, 1.82) is 0 Å². The maximum atomic E-state index is 13.4. The lowest BCUT2D eigenvalue weighted by Crippen LogP contribution is -2.22.